The third kappa shape index (κ3) is 2.92. The summed E-state index contributed by atoms with van der Waals surface area (Å²) in [6, 6.07) is 8.38. The van der Waals surface area contributed by atoms with E-state index in [2.05, 4.69) is 5.32 Å². The van der Waals surface area contributed by atoms with Crippen LogP contribution in [0.25, 0.3) is 0 Å². The second-order valence-corrected chi connectivity index (χ2v) is 4.59. The first-order chi connectivity index (χ1) is 9.15. The lowest BCUT2D eigenvalue weighted by Gasteiger charge is -2.42. The maximum absolute atomic E-state index is 12.1. The molecule has 1 amide bonds. The van der Waals surface area contributed by atoms with Crippen molar-refractivity contribution in [3.05, 3.63) is 35.4 Å². The van der Waals surface area contributed by atoms with Gasteiger partial charge in [0.25, 0.3) is 5.91 Å². The number of hydrogen-bond donors (Lipinski definition) is 2. The van der Waals surface area contributed by atoms with E-state index >= 15 is 0 Å². The molecule has 19 heavy (non-hydrogen) atoms. The zero-order chi connectivity index (χ0) is 13.8. The Morgan fingerprint density at radius 1 is 1.63 bits per heavy atom. The molecule has 0 aliphatic heterocycles. The topological polar surface area (TPSA) is 88.1 Å². The standard InChI is InChI=1S/C14H17N3O2/c1-2-19-12-7-11(16)13(12)17-14(18)10-5-3-4-9(6-10)8-15/h3-6,11-13H,2,7,16H2,1H3,(H,17,18). The monoisotopic (exact) mass is 259 g/mol. The quantitative estimate of drug-likeness (QED) is 0.836. The van der Waals surface area contributed by atoms with Gasteiger partial charge in [0.05, 0.1) is 23.8 Å². The molecule has 1 aliphatic carbocycles. The predicted molar refractivity (Wildman–Crippen MR) is 70.4 cm³/mol. The summed E-state index contributed by atoms with van der Waals surface area (Å²) in [7, 11) is 0. The molecule has 0 aromatic heterocycles. The summed E-state index contributed by atoms with van der Waals surface area (Å²) < 4.78 is 5.50. The Kier molecular flexibility index (Phi) is 4.15. The normalized spacial score (nSPS) is 25.2. The van der Waals surface area contributed by atoms with Crippen LogP contribution in [0.5, 0.6) is 0 Å². The fraction of sp³-hybridized carbons (Fsp3) is 0.429. The van der Waals surface area contributed by atoms with Gasteiger partial charge in [-0.3, -0.25) is 4.79 Å². The molecule has 0 heterocycles. The molecule has 0 radical (unpaired) electrons. The van der Waals surface area contributed by atoms with Gasteiger partial charge in [0.15, 0.2) is 0 Å². The molecule has 1 fully saturated rings. The van der Waals surface area contributed by atoms with Crippen LogP contribution >= 0.6 is 0 Å². The smallest absolute Gasteiger partial charge is 0.251 e. The van der Waals surface area contributed by atoms with Crippen LogP contribution in [0.3, 0.4) is 0 Å². The predicted octanol–water partition coefficient (Wildman–Crippen LogP) is 0.793. The SMILES string of the molecule is CCOC1CC(N)C1NC(=O)c1cccc(C#N)c1. The lowest BCUT2D eigenvalue weighted by molar-refractivity contribution is -0.0300. The van der Waals surface area contributed by atoms with Crippen LogP contribution in [0.1, 0.15) is 29.3 Å². The molecule has 5 nitrogen and oxygen atoms in total. The number of amides is 1. The molecule has 0 saturated heterocycles. The van der Waals surface area contributed by atoms with Gasteiger partial charge in [-0.2, -0.15) is 5.26 Å². The summed E-state index contributed by atoms with van der Waals surface area (Å²) in [6.07, 6.45) is 0.750. The van der Waals surface area contributed by atoms with E-state index in [4.69, 9.17) is 15.7 Å². The summed E-state index contributed by atoms with van der Waals surface area (Å²) in [4.78, 5) is 12.1. The Hall–Kier alpha value is -1.90. The summed E-state index contributed by atoms with van der Waals surface area (Å²) in [5, 5.41) is 11.7. The number of carbonyl (C=O) groups excluding carboxylic acids is 1. The van der Waals surface area contributed by atoms with Crippen LogP contribution in [0.4, 0.5) is 0 Å². The number of nitrogens with two attached hydrogens (primary N) is 1. The van der Waals surface area contributed by atoms with Crippen LogP contribution < -0.4 is 11.1 Å². The molecule has 1 aromatic rings. The zero-order valence-corrected chi connectivity index (χ0v) is 10.8. The Labute approximate surface area is 112 Å². The Bertz CT molecular complexity index is 508. The van der Waals surface area contributed by atoms with Gasteiger partial charge in [-0.1, -0.05) is 6.07 Å². The number of benzene rings is 1. The molecular weight excluding hydrogens is 242 g/mol. The number of rotatable bonds is 4. The van der Waals surface area contributed by atoms with Crippen LogP contribution in [-0.2, 0) is 4.74 Å². The first kappa shape index (κ1) is 13.5. The van der Waals surface area contributed by atoms with Crippen molar-refractivity contribution in [2.75, 3.05) is 6.61 Å². The molecule has 0 bridgehead atoms. The largest absolute Gasteiger partial charge is 0.376 e. The molecule has 2 rings (SSSR count). The summed E-state index contributed by atoms with van der Waals surface area (Å²) in [6.45, 7) is 2.52. The zero-order valence-electron chi connectivity index (χ0n) is 10.8. The number of ether oxygens (including phenoxy) is 1. The van der Waals surface area contributed by atoms with Crippen LogP contribution in [0, 0.1) is 11.3 Å². The number of hydrogen-bond acceptors (Lipinski definition) is 4. The highest BCUT2D eigenvalue weighted by atomic mass is 16.5. The van der Waals surface area contributed by atoms with Crippen LogP contribution in [-0.4, -0.2) is 30.7 Å². The van der Waals surface area contributed by atoms with E-state index in [9.17, 15) is 4.79 Å². The van der Waals surface area contributed by atoms with Gasteiger partial charge in [0, 0.05) is 18.2 Å². The minimum absolute atomic E-state index is 0.0110. The van der Waals surface area contributed by atoms with Gasteiger partial charge >= 0.3 is 0 Å². The fourth-order valence-electron chi connectivity index (χ4n) is 2.19. The van der Waals surface area contributed by atoms with Crippen LogP contribution in [0.15, 0.2) is 24.3 Å². The van der Waals surface area contributed by atoms with Gasteiger partial charge in [0.2, 0.25) is 0 Å². The van der Waals surface area contributed by atoms with E-state index in [1.807, 2.05) is 13.0 Å². The van der Waals surface area contributed by atoms with E-state index in [1.165, 1.54) is 0 Å². The van der Waals surface area contributed by atoms with E-state index < -0.39 is 0 Å². The molecule has 1 aromatic carbocycles. The van der Waals surface area contributed by atoms with Crippen LogP contribution in [0.2, 0.25) is 0 Å². The number of nitrogens with one attached hydrogen (secondary N) is 1. The average molecular weight is 259 g/mol. The molecule has 3 atom stereocenters. The molecule has 5 heteroatoms. The lowest BCUT2D eigenvalue weighted by atomic mass is 9.83. The van der Waals surface area contributed by atoms with Crippen molar-refractivity contribution in [2.45, 2.75) is 31.5 Å². The highest BCUT2D eigenvalue weighted by molar-refractivity contribution is 5.94. The van der Waals surface area contributed by atoms with Crippen molar-refractivity contribution in [3.63, 3.8) is 0 Å². The van der Waals surface area contributed by atoms with E-state index in [1.54, 1.807) is 24.3 Å². The second-order valence-electron chi connectivity index (χ2n) is 4.59. The van der Waals surface area contributed by atoms with Crippen molar-refractivity contribution in [2.24, 2.45) is 5.73 Å². The van der Waals surface area contributed by atoms with Crippen molar-refractivity contribution < 1.29 is 9.53 Å². The van der Waals surface area contributed by atoms with Gasteiger partial charge < -0.3 is 15.8 Å². The summed E-state index contributed by atoms with van der Waals surface area (Å²) in [5.41, 5.74) is 6.81. The number of nitriles is 1. The van der Waals surface area contributed by atoms with E-state index in [-0.39, 0.29) is 24.1 Å². The van der Waals surface area contributed by atoms with Crippen molar-refractivity contribution in [3.8, 4) is 6.07 Å². The molecule has 1 saturated carbocycles. The number of nitrogens with zero attached hydrogens (tertiary/aromatic N) is 1. The summed E-state index contributed by atoms with van der Waals surface area (Å²) in [5.74, 6) is -0.220. The molecule has 0 spiro atoms. The highest BCUT2D eigenvalue weighted by Gasteiger charge is 2.40. The maximum Gasteiger partial charge on any atom is 0.251 e. The van der Waals surface area contributed by atoms with Gasteiger partial charge in [-0.05, 0) is 31.5 Å². The first-order valence-corrected chi connectivity index (χ1v) is 6.34. The van der Waals surface area contributed by atoms with Crippen molar-refractivity contribution in [1.82, 2.24) is 5.32 Å². The van der Waals surface area contributed by atoms with Crippen molar-refractivity contribution in [1.29, 1.82) is 5.26 Å². The van der Waals surface area contributed by atoms with E-state index in [0.717, 1.165) is 6.42 Å². The number of carbonyl (C=O) groups is 1. The minimum atomic E-state index is -0.220. The van der Waals surface area contributed by atoms with Crippen molar-refractivity contribution >= 4 is 5.91 Å². The minimum Gasteiger partial charge on any atom is -0.376 e. The van der Waals surface area contributed by atoms with Gasteiger partial charge in [-0.15, -0.1) is 0 Å². The summed E-state index contributed by atoms with van der Waals surface area (Å²) >= 11 is 0. The second kappa shape index (κ2) is 5.83. The first-order valence-electron chi connectivity index (χ1n) is 6.34. The third-order valence-electron chi connectivity index (χ3n) is 3.30. The Morgan fingerprint density at radius 2 is 2.42 bits per heavy atom. The molecule has 3 N–H and O–H groups in total. The highest BCUT2D eigenvalue weighted by Crippen LogP contribution is 2.23. The average Bonchev–Trinajstić information content (AvgIpc) is 2.44. The van der Waals surface area contributed by atoms with E-state index in [0.29, 0.717) is 17.7 Å². The molecule has 3 unspecified atom stereocenters. The molecular formula is C14H17N3O2. The fourth-order valence-corrected chi connectivity index (χ4v) is 2.19. The Balaban J connectivity index is 2.02. The molecule has 100 valence electrons. The Morgan fingerprint density at radius 3 is 3.05 bits per heavy atom. The van der Waals surface area contributed by atoms with Gasteiger partial charge in [0.1, 0.15) is 0 Å². The molecule has 1 aliphatic rings. The third-order valence-corrected chi connectivity index (χ3v) is 3.30. The lowest BCUT2D eigenvalue weighted by Crippen LogP contribution is -2.64. The maximum atomic E-state index is 12.1. The van der Waals surface area contributed by atoms with Gasteiger partial charge in [-0.25, -0.2) is 0 Å².